The fourth-order valence-electron chi connectivity index (χ4n) is 2.42. The molecule has 0 radical (unpaired) electrons. The summed E-state index contributed by atoms with van der Waals surface area (Å²) in [5.41, 5.74) is 2.31. The second kappa shape index (κ2) is 6.48. The van der Waals surface area contributed by atoms with E-state index in [1.54, 1.807) is 16.9 Å². The maximum absolute atomic E-state index is 11.5. The average molecular weight is 351 g/mol. The first-order chi connectivity index (χ1) is 12.3. The third-order valence-electron chi connectivity index (χ3n) is 3.62. The highest BCUT2D eigenvalue weighted by Gasteiger charge is 2.15. The molecule has 0 fully saturated rings. The van der Waals surface area contributed by atoms with Gasteiger partial charge in [-0.05, 0) is 24.3 Å². The van der Waals surface area contributed by atoms with Crippen molar-refractivity contribution in [3.8, 4) is 11.4 Å². The van der Waals surface area contributed by atoms with E-state index < -0.39 is 0 Å². The van der Waals surface area contributed by atoms with Crippen LogP contribution in [0.2, 0.25) is 0 Å². The number of thioether (sulfide) groups is 1. The molecule has 0 N–H and O–H groups in total. The molecule has 0 saturated heterocycles. The SMILES string of the molecule is COC(=O)CSc1nc2ccccc2c2nc(-c3cccnc3)nn12. The first kappa shape index (κ1) is 15.5. The highest BCUT2D eigenvalue weighted by atomic mass is 32.2. The summed E-state index contributed by atoms with van der Waals surface area (Å²) in [5.74, 6) is 0.394. The van der Waals surface area contributed by atoms with Crippen molar-refractivity contribution in [2.75, 3.05) is 12.9 Å². The van der Waals surface area contributed by atoms with E-state index in [1.165, 1.54) is 18.9 Å². The summed E-state index contributed by atoms with van der Waals surface area (Å²) in [6.45, 7) is 0. The summed E-state index contributed by atoms with van der Waals surface area (Å²) in [6, 6.07) is 11.5. The van der Waals surface area contributed by atoms with Crippen molar-refractivity contribution in [1.29, 1.82) is 0 Å². The summed E-state index contributed by atoms with van der Waals surface area (Å²) < 4.78 is 6.37. The van der Waals surface area contributed by atoms with Gasteiger partial charge in [-0.25, -0.2) is 9.97 Å². The lowest BCUT2D eigenvalue weighted by molar-refractivity contribution is -0.137. The van der Waals surface area contributed by atoms with Gasteiger partial charge in [-0.2, -0.15) is 4.52 Å². The predicted octanol–water partition coefficient (Wildman–Crippen LogP) is 2.60. The van der Waals surface area contributed by atoms with E-state index in [4.69, 9.17) is 4.74 Å². The monoisotopic (exact) mass is 351 g/mol. The van der Waals surface area contributed by atoms with Crippen LogP contribution in [0.4, 0.5) is 0 Å². The number of hydrogen-bond donors (Lipinski definition) is 0. The van der Waals surface area contributed by atoms with Gasteiger partial charge in [0.15, 0.2) is 16.6 Å². The summed E-state index contributed by atoms with van der Waals surface area (Å²) in [7, 11) is 1.36. The van der Waals surface area contributed by atoms with Crippen LogP contribution in [0, 0.1) is 0 Å². The van der Waals surface area contributed by atoms with E-state index >= 15 is 0 Å². The molecule has 4 aromatic rings. The Kier molecular flexibility index (Phi) is 4.02. The number of esters is 1. The standard InChI is InChI=1S/C17H13N5O2S/c1-24-14(23)10-25-17-19-13-7-3-2-6-12(13)16-20-15(21-22(16)17)11-5-4-8-18-9-11/h2-9H,10H2,1H3. The molecule has 0 spiro atoms. The van der Waals surface area contributed by atoms with Crippen molar-refractivity contribution in [1.82, 2.24) is 24.6 Å². The van der Waals surface area contributed by atoms with Gasteiger partial charge in [-0.15, -0.1) is 5.10 Å². The zero-order valence-electron chi connectivity index (χ0n) is 13.3. The second-order valence-corrected chi connectivity index (χ2v) is 6.13. The van der Waals surface area contributed by atoms with Gasteiger partial charge in [0, 0.05) is 23.3 Å². The molecule has 0 aliphatic rings. The fraction of sp³-hybridized carbons (Fsp3) is 0.118. The van der Waals surface area contributed by atoms with E-state index in [2.05, 4.69) is 20.1 Å². The number of aromatic nitrogens is 5. The van der Waals surface area contributed by atoms with Gasteiger partial charge in [0.2, 0.25) is 0 Å². The lowest BCUT2D eigenvalue weighted by Gasteiger charge is -2.05. The van der Waals surface area contributed by atoms with Gasteiger partial charge in [-0.3, -0.25) is 9.78 Å². The Labute approximate surface area is 147 Å². The van der Waals surface area contributed by atoms with E-state index in [0.717, 1.165) is 16.5 Å². The van der Waals surface area contributed by atoms with E-state index in [-0.39, 0.29) is 11.7 Å². The lowest BCUT2D eigenvalue weighted by atomic mass is 10.2. The zero-order valence-corrected chi connectivity index (χ0v) is 14.1. The van der Waals surface area contributed by atoms with Crippen LogP contribution < -0.4 is 0 Å². The highest BCUT2D eigenvalue weighted by Crippen LogP contribution is 2.26. The quantitative estimate of drug-likeness (QED) is 0.317. The molecule has 124 valence electrons. The third-order valence-corrected chi connectivity index (χ3v) is 4.52. The molecule has 3 aromatic heterocycles. The molecule has 1 aromatic carbocycles. The van der Waals surface area contributed by atoms with Crippen LogP contribution in [0.1, 0.15) is 0 Å². The number of ether oxygens (including phenoxy) is 1. The summed E-state index contributed by atoms with van der Waals surface area (Å²) >= 11 is 1.27. The van der Waals surface area contributed by atoms with E-state index in [9.17, 15) is 4.79 Å². The Morgan fingerprint density at radius 2 is 2.08 bits per heavy atom. The van der Waals surface area contributed by atoms with Crippen molar-refractivity contribution >= 4 is 34.3 Å². The molecule has 0 amide bonds. The number of pyridine rings is 1. The van der Waals surface area contributed by atoms with Crippen molar-refractivity contribution in [2.45, 2.75) is 5.16 Å². The second-order valence-electron chi connectivity index (χ2n) is 5.19. The molecule has 0 aliphatic carbocycles. The molecular formula is C17H13N5O2S. The number of hydrogen-bond acceptors (Lipinski definition) is 7. The van der Waals surface area contributed by atoms with Crippen LogP contribution in [0.3, 0.4) is 0 Å². The lowest BCUT2D eigenvalue weighted by Crippen LogP contribution is -2.06. The number of carbonyl (C=O) groups is 1. The molecule has 25 heavy (non-hydrogen) atoms. The minimum atomic E-state index is -0.319. The van der Waals surface area contributed by atoms with E-state index in [0.29, 0.717) is 16.6 Å². The van der Waals surface area contributed by atoms with Crippen LogP contribution in [-0.4, -0.2) is 43.4 Å². The number of para-hydroxylation sites is 1. The van der Waals surface area contributed by atoms with Gasteiger partial charge in [0.05, 0.1) is 18.4 Å². The smallest absolute Gasteiger partial charge is 0.316 e. The summed E-state index contributed by atoms with van der Waals surface area (Å²) in [5, 5.41) is 6.05. The highest BCUT2D eigenvalue weighted by molar-refractivity contribution is 7.99. The first-order valence-corrected chi connectivity index (χ1v) is 8.50. The van der Waals surface area contributed by atoms with Gasteiger partial charge >= 0.3 is 5.97 Å². The molecule has 0 bridgehead atoms. The van der Waals surface area contributed by atoms with Crippen LogP contribution in [0.15, 0.2) is 53.9 Å². The Bertz CT molecular complexity index is 1060. The number of benzene rings is 1. The molecule has 0 atom stereocenters. The maximum atomic E-state index is 11.5. The maximum Gasteiger partial charge on any atom is 0.316 e. The Balaban J connectivity index is 1.90. The number of rotatable bonds is 4. The molecule has 7 nitrogen and oxygen atoms in total. The van der Waals surface area contributed by atoms with Crippen LogP contribution in [0.5, 0.6) is 0 Å². The van der Waals surface area contributed by atoms with E-state index in [1.807, 2.05) is 36.4 Å². The zero-order chi connectivity index (χ0) is 17.2. The Morgan fingerprint density at radius 3 is 2.88 bits per heavy atom. The Hall–Kier alpha value is -3.00. The van der Waals surface area contributed by atoms with Gasteiger partial charge in [0.1, 0.15) is 0 Å². The van der Waals surface area contributed by atoms with Crippen molar-refractivity contribution in [3.63, 3.8) is 0 Å². The summed E-state index contributed by atoms with van der Waals surface area (Å²) in [6.07, 6.45) is 3.42. The molecule has 4 rings (SSSR count). The van der Waals surface area contributed by atoms with Gasteiger partial charge in [0.25, 0.3) is 0 Å². The topological polar surface area (TPSA) is 82.3 Å². The number of carbonyl (C=O) groups excluding carboxylic acids is 1. The number of fused-ring (bicyclic) bond motifs is 3. The van der Waals surface area contributed by atoms with Crippen LogP contribution in [0.25, 0.3) is 27.9 Å². The van der Waals surface area contributed by atoms with Crippen molar-refractivity contribution < 1.29 is 9.53 Å². The van der Waals surface area contributed by atoms with Crippen LogP contribution >= 0.6 is 11.8 Å². The Morgan fingerprint density at radius 1 is 1.20 bits per heavy atom. The summed E-state index contributed by atoms with van der Waals surface area (Å²) in [4.78, 5) is 24.9. The van der Waals surface area contributed by atoms with Gasteiger partial charge in [-0.1, -0.05) is 23.9 Å². The molecule has 8 heteroatoms. The molecule has 0 unspecified atom stereocenters. The molecular weight excluding hydrogens is 338 g/mol. The first-order valence-electron chi connectivity index (χ1n) is 7.52. The van der Waals surface area contributed by atoms with Crippen molar-refractivity contribution in [3.05, 3.63) is 48.8 Å². The predicted molar refractivity (Wildman–Crippen MR) is 94.3 cm³/mol. The minimum absolute atomic E-state index is 0.152. The third kappa shape index (κ3) is 2.91. The van der Waals surface area contributed by atoms with Crippen molar-refractivity contribution in [2.24, 2.45) is 0 Å². The normalized spacial score (nSPS) is 11.1. The molecule has 0 aliphatic heterocycles. The number of methoxy groups -OCH3 is 1. The molecule has 3 heterocycles. The largest absolute Gasteiger partial charge is 0.468 e. The molecule has 0 saturated carbocycles. The number of nitrogens with zero attached hydrogens (tertiary/aromatic N) is 5. The minimum Gasteiger partial charge on any atom is -0.468 e. The average Bonchev–Trinajstić information content (AvgIpc) is 3.12. The fourth-order valence-corrected chi connectivity index (χ4v) is 3.20. The van der Waals surface area contributed by atoms with Crippen LogP contribution in [-0.2, 0) is 9.53 Å². The van der Waals surface area contributed by atoms with Gasteiger partial charge < -0.3 is 4.74 Å².